The largest absolute Gasteiger partial charge is 0.383 e. The Hall–Kier alpha value is -4.09. The van der Waals surface area contributed by atoms with E-state index in [-0.39, 0.29) is 12.0 Å². The van der Waals surface area contributed by atoms with Gasteiger partial charge in [0, 0.05) is 45.3 Å². The maximum atomic E-state index is 14.1. The number of methoxy groups -OCH3 is 1. The molecule has 0 saturated carbocycles. The second kappa shape index (κ2) is 11.6. The molecule has 11 heteroatoms. The minimum absolute atomic E-state index is 0.231. The van der Waals surface area contributed by atoms with E-state index < -0.39 is 17.7 Å². The van der Waals surface area contributed by atoms with Gasteiger partial charge in [-0.25, -0.2) is 18.3 Å². The fraction of sp³-hybridized carbons (Fsp3) is 0.345. The smallest absolute Gasteiger partial charge is 0.320 e. The SMILES string of the molecule is COCCN1CC(NC(=O)Nc2c(C)c(-c3cc(C)nn3C)nn2-c2ccccc2)C(c2ccc(F)c(F)c2)C1. The van der Waals surface area contributed by atoms with Crippen molar-refractivity contribution in [3.63, 3.8) is 0 Å². The van der Waals surface area contributed by atoms with Crippen molar-refractivity contribution in [2.24, 2.45) is 7.05 Å². The summed E-state index contributed by atoms with van der Waals surface area (Å²) in [7, 11) is 3.49. The fourth-order valence-corrected chi connectivity index (χ4v) is 5.30. The molecule has 1 saturated heterocycles. The van der Waals surface area contributed by atoms with Crippen LogP contribution in [0, 0.1) is 25.5 Å². The van der Waals surface area contributed by atoms with Gasteiger partial charge in [0.1, 0.15) is 11.5 Å². The van der Waals surface area contributed by atoms with E-state index in [9.17, 15) is 13.6 Å². The molecule has 1 aliphatic heterocycles. The molecule has 2 N–H and O–H groups in total. The van der Waals surface area contributed by atoms with Gasteiger partial charge in [-0.2, -0.15) is 10.2 Å². The molecule has 4 aromatic rings. The molecule has 9 nitrogen and oxygen atoms in total. The van der Waals surface area contributed by atoms with E-state index in [0.29, 0.717) is 43.3 Å². The minimum Gasteiger partial charge on any atom is -0.383 e. The number of ether oxygens (including phenoxy) is 1. The van der Waals surface area contributed by atoms with Crippen molar-refractivity contribution in [2.45, 2.75) is 25.8 Å². The lowest BCUT2D eigenvalue weighted by Gasteiger charge is -2.21. The summed E-state index contributed by atoms with van der Waals surface area (Å²) in [6.45, 7) is 6.12. The number of rotatable bonds is 8. The normalized spacial score (nSPS) is 17.4. The van der Waals surface area contributed by atoms with E-state index in [2.05, 4.69) is 20.6 Å². The summed E-state index contributed by atoms with van der Waals surface area (Å²) in [5.74, 6) is -1.51. The van der Waals surface area contributed by atoms with Crippen molar-refractivity contribution in [3.8, 4) is 17.1 Å². The van der Waals surface area contributed by atoms with E-state index in [1.807, 2.05) is 57.3 Å². The van der Waals surface area contributed by atoms with Crippen LogP contribution in [0.25, 0.3) is 17.1 Å². The lowest BCUT2D eigenvalue weighted by Crippen LogP contribution is -2.42. The van der Waals surface area contributed by atoms with Gasteiger partial charge in [-0.1, -0.05) is 24.3 Å². The van der Waals surface area contributed by atoms with Crippen LogP contribution < -0.4 is 10.6 Å². The first-order chi connectivity index (χ1) is 19.2. The highest BCUT2D eigenvalue weighted by Crippen LogP contribution is 2.32. The molecule has 0 bridgehead atoms. The molecule has 5 rings (SSSR count). The molecule has 2 unspecified atom stereocenters. The van der Waals surface area contributed by atoms with Gasteiger partial charge >= 0.3 is 6.03 Å². The van der Waals surface area contributed by atoms with Crippen molar-refractivity contribution >= 4 is 11.8 Å². The second-order valence-electron chi connectivity index (χ2n) is 10.1. The highest BCUT2D eigenvalue weighted by atomic mass is 19.2. The monoisotopic (exact) mass is 549 g/mol. The first kappa shape index (κ1) is 27.5. The maximum Gasteiger partial charge on any atom is 0.320 e. The predicted molar refractivity (Wildman–Crippen MR) is 149 cm³/mol. The van der Waals surface area contributed by atoms with Crippen LogP contribution in [0.15, 0.2) is 54.6 Å². The van der Waals surface area contributed by atoms with Crippen molar-refractivity contribution in [3.05, 3.63) is 83.1 Å². The van der Waals surface area contributed by atoms with Crippen LogP contribution in [-0.2, 0) is 11.8 Å². The first-order valence-corrected chi connectivity index (χ1v) is 13.1. The molecule has 2 aromatic carbocycles. The number of hydrogen-bond acceptors (Lipinski definition) is 5. The number of halogens is 2. The van der Waals surface area contributed by atoms with Gasteiger partial charge < -0.3 is 10.1 Å². The molecule has 210 valence electrons. The molecule has 0 spiro atoms. The van der Waals surface area contributed by atoms with Crippen molar-refractivity contribution in [2.75, 3.05) is 38.7 Å². The number of nitrogens with one attached hydrogen (secondary N) is 2. The molecule has 2 atom stereocenters. The van der Waals surface area contributed by atoms with Gasteiger partial charge in [-0.3, -0.25) is 14.9 Å². The maximum absolute atomic E-state index is 14.1. The average molecular weight is 550 g/mol. The molecular weight excluding hydrogens is 516 g/mol. The summed E-state index contributed by atoms with van der Waals surface area (Å²) in [6.07, 6.45) is 0. The quantitative estimate of drug-likeness (QED) is 0.340. The Morgan fingerprint density at radius 3 is 2.50 bits per heavy atom. The number of benzene rings is 2. The lowest BCUT2D eigenvalue weighted by atomic mass is 9.94. The second-order valence-corrected chi connectivity index (χ2v) is 10.1. The number of likely N-dealkylation sites (tertiary alicyclic amines) is 1. The average Bonchev–Trinajstić information content (AvgIpc) is 3.59. The fourth-order valence-electron chi connectivity index (χ4n) is 5.30. The van der Waals surface area contributed by atoms with Crippen molar-refractivity contribution < 1.29 is 18.3 Å². The summed E-state index contributed by atoms with van der Waals surface area (Å²) in [5.41, 5.74) is 4.60. The molecular formula is C29H33F2N7O2. The number of aryl methyl sites for hydroxylation is 2. The Labute approximate surface area is 231 Å². The highest BCUT2D eigenvalue weighted by Gasteiger charge is 2.35. The van der Waals surface area contributed by atoms with Gasteiger partial charge in [0.2, 0.25) is 0 Å². The summed E-state index contributed by atoms with van der Waals surface area (Å²) >= 11 is 0. The Balaban J connectivity index is 1.43. The lowest BCUT2D eigenvalue weighted by molar-refractivity contribution is 0.159. The topological polar surface area (TPSA) is 89.2 Å². The number of urea groups is 1. The van der Waals surface area contributed by atoms with E-state index in [4.69, 9.17) is 9.84 Å². The van der Waals surface area contributed by atoms with Gasteiger partial charge in [0.25, 0.3) is 0 Å². The van der Waals surface area contributed by atoms with Crippen LogP contribution in [0.3, 0.4) is 0 Å². The zero-order valence-electron chi connectivity index (χ0n) is 23.0. The van der Waals surface area contributed by atoms with Crippen molar-refractivity contribution in [1.82, 2.24) is 29.8 Å². The standard InChI is InChI=1S/C29H33F2N7O2/c1-18-14-26(36(3)34-18)27-19(2)28(38(35-27)21-8-6-5-7-9-21)33-29(39)32-25-17-37(12-13-40-4)16-22(25)20-10-11-23(30)24(31)15-20/h5-11,14-15,22,25H,12-13,16-17H2,1-4H3,(H2,32,33,39). The van der Waals surface area contributed by atoms with E-state index in [1.54, 1.807) is 22.5 Å². The third kappa shape index (κ3) is 5.61. The minimum atomic E-state index is -0.906. The summed E-state index contributed by atoms with van der Waals surface area (Å²) < 4.78 is 36.5. The molecule has 0 aliphatic carbocycles. The number of hydrogen-bond donors (Lipinski definition) is 2. The van der Waals surface area contributed by atoms with Crippen LogP contribution in [0.5, 0.6) is 0 Å². The Morgan fingerprint density at radius 2 is 1.82 bits per heavy atom. The first-order valence-electron chi connectivity index (χ1n) is 13.1. The predicted octanol–water partition coefficient (Wildman–Crippen LogP) is 4.40. The van der Waals surface area contributed by atoms with Crippen molar-refractivity contribution in [1.29, 1.82) is 0 Å². The number of carbonyl (C=O) groups is 1. The Kier molecular flexibility index (Phi) is 7.95. The molecule has 1 fully saturated rings. The number of aromatic nitrogens is 4. The Bertz CT molecular complexity index is 1500. The molecule has 0 radical (unpaired) electrons. The number of amides is 2. The van der Waals surface area contributed by atoms with Gasteiger partial charge in [0.05, 0.1) is 29.7 Å². The van der Waals surface area contributed by atoms with Crippen LogP contribution in [0.4, 0.5) is 19.4 Å². The van der Waals surface area contributed by atoms with E-state index >= 15 is 0 Å². The summed E-state index contributed by atoms with van der Waals surface area (Å²) in [5, 5.41) is 15.4. The summed E-state index contributed by atoms with van der Waals surface area (Å²) in [6, 6.07) is 14.7. The third-order valence-corrected chi connectivity index (χ3v) is 7.29. The summed E-state index contributed by atoms with van der Waals surface area (Å²) in [4.78, 5) is 15.6. The molecule has 1 aliphatic rings. The number of para-hydroxylation sites is 1. The molecule has 2 amide bonds. The van der Waals surface area contributed by atoms with Crippen LogP contribution in [0.1, 0.15) is 22.7 Å². The van der Waals surface area contributed by atoms with Crippen LogP contribution in [0.2, 0.25) is 0 Å². The molecule has 3 heterocycles. The van der Waals surface area contributed by atoms with E-state index in [1.165, 1.54) is 6.07 Å². The number of carbonyl (C=O) groups excluding carboxylic acids is 1. The van der Waals surface area contributed by atoms with Crippen LogP contribution in [-0.4, -0.2) is 69.9 Å². The zero-order valence-corrected chi connectivity index (χ0v) is 23.0. The van der Waals surface area contributed by atoms with Gasteiger partial charge in [-0.05, 0) is 49.7 Å². The van der Waals surface area contributed by atoms with E-state index in [0.717, 1.165) is 28.7 Å². The zero-order chi connectivity index (χ0) is 28.4. The van der Waals surface area contributed by atoms with Gasteiger partial charge in [-0.15, -0.1) is 0 Å². The Morgan fingerprint density at radius 1 is 1.05 bits per heavy atom. The third-order valence-electron chi connectivity index (χ3n) is 7.29. The highest BCUT2D eigenvalue weighted by molar-refractivity contribution is 5.91. The number of anilines is 1. The molecule has 40 heavy (non-hydrogen) atoms. The molecule has 2 aromatic heterocycles. The van der Waals surface area contributed by atoms with Crippen LogP contribution >= 0.6 is 0 Å². The number of nitrogens with zero attached hydrogens (tertiary/aromatic N) is 5. The van der Waals surface area contributed by atoms with Gasteiger partial charge in [0.15, 0.2) is 11.6 Å².